The normalized spacial score (nSPS) is 10.6. The van der Waals surface area contributed by atoms with Crippen LogP contribution < -0.4 is 0 Å². The van der Waals surface area contributed by atoms with Gasteiger partial charge < -0.3 is 4.52 Å². The second-order valence-corrected chi connectivity index (χ2v) is 4.11. The lowest BCUT2D eigenvalue weighted by Crippen LogP contribution is -1.87. The van der Waals surface area contributed by atoms with E-state index in [0.29, 0.717) is 17.4 Å². The highest BCUT2D eigenvalue weighted by Crippen LogP contribution is 2.23. The summed E-state index contributed by atoms with van der Waals surface area (Å²) < 4.78 is 5.19. The van der Waals surface area contributed by atoms with Crippen LogP contribution in [0.15, 0.2) is 47.0 Å². The summed E-state index contributed by atoms with van der Waals surface area (Å²) in [5, 5.41) is 3.87. The highest BCUT2D eigenvalue weighted by atomic mass is 16.5. The molecular weight excluding hydrogens is 238 g/mol. The van der Waals surface area contributed by atoms with Crippen molar-refractivity contribution in [3.8, 4) is 22.7 Å². The summed E-state index contributed by atoms with van der Waals surface area (Å²) >= 11 is 0. The van der Waals surface area contributed by atoms with Gasteiger partial charge >= 0.3 is 0 Å². The third-order valence-electron chi connectivity index (χ3n) is 2.81. The van der Waals surface area contributed by atoms with Gasteiger partial charge in [-0.1, -0.05) is 42.4 Å². The monoisotopic (exact) mass is 250 g/mol. The first-order valence-corrected chi connectivity index (χ1v) is 6.13. The number of nitrogens with zero attached hydrogens (tertiary/aromatic N) is 3. The average molecular weight is 250 g/mol. The van der Waals surface area contributed by atoms with Gasteiger partial charge in [-0.05, 0) is 23.3 Å². The molecule has 0 aliphatic rings. The Labute approximate surface area is 111 Å². The van der Waals surface area contributed by atoms with Crippen LogP contribution in [0.4, 0.5) is 0 Å². The Kier molecular flexibility index (Phi) is 3.06. The van der Waals surface area contributed by atoms with Crippen LogP contribution in [0.2, 0.25) is 0 Å². The standard InChI is InChI=1S/C15H12N3O/c1-2-14-17-15(19-18-14)13-10-12(8-9-16-13)11-6-4-3-5-7-11/h3-8,10H,2H2,1H3. The molecule has 3 aromatic rings. The van der Waals surface area contributed by atoms with E-state index in [-0.39, 0.29) is 0 Å². The maximum Gasteiger partial charge on any atom is 0.276 e. The van der Waals surface area contributed by atoms with Crippen LogP contribution in [0, 0.1) is 6.20 Å². The first-order valence-electron chi connectivity index (χ1n) is 6.13. The van der Waals surface area contributed by atoms with Crippen molar-refractivity contribution >= 4 is 0 Å². The van der Waals surface area contributed by atoms with Crippen molar-refractivity contribution in [3.05, 3.63) is 54.5 Å². The smallest absolute Gasteiger partial charge is 0.276 e. The molecule has 0 bridgehead atoms. The van der Waals surface area contributed by atoms with E-state index in [1.807, 2.05) is 49.4 Å². The van der Waals surface area contributed by atoms with Crippen LogP contribution in [0.3, 0.4) is 0 Å². The van der Waals surface area contributed by atoms with Crippen LogP contribution in [0.25, 0.3) is 22.7 Å². The molecule has 0 amide bonds. The van der Waals surface area contributed by atoms with Crippen molar-refractivity contribution in [2.24, 2.45) is 0 Å². The number of benzene rings is 1. The topological polar surface area (TPSA) is 51.8 Å². The van der Waals surface area contributed by atoms with Gasteiger partial charge in [-0.25, -0.2) is 4.98 Å². The number of hydrogen-bond donors (Lipinski definition) is 0. The molecule has 3 rings (SSSR count). The molecule has 93 valence electrons. The lowest BCUT2D eigenvalue weighted by Gasteiger charge is -2.01. The Hall–Kier alpha value is -2.49. The molecule has 0 saturated carbocycles. The Morgan fingerprint density at radius 1 is 1.16 bits per heavy atom. The number of aryl methyl sites for hydroxylation is 1. The lowest BCUT2D eigenvalue weighted by atomic mass is 10.1. The molecule has 0 aliphatic carbocycles. The van der Waals surface area contributed by atoms with Crippen LogP contribution in [0.1, 0.15) is 12.7 Å². The van der Waals surface area contributed by atoms with E-state index in [1.54, 1.807) is 0 Å². The molecule has 1 radical (unpaired) electrons. The molecule has 0 atom stereocenters. The van der Waals surface area contributed by atoms with Crippen molar-refractivity contribution in [2.75, 3.05) is 0 Å². The van der Waals surface area contributed by atoms with Crippen molar-refractivity contribution in [1.29, 1.82) is 0 Å². The molecule has 4 nitrogen and oxygen atoms in total. The second-order valence-electron chi connectivity index (χ2n) is 4.11. The van der Waals surface area contributed by atoms with Gasteiger partial charge in [0.1, 0.15) is 5.69 Å². The van der Waals surface area contributed by atoms with Crippen molar-refractivity contribution in [1.82, 2.24) is 15.1 Å². The van der Waals surface area contributed by atoms with Crippen molar-refractivity contribution in [3.63, 3.8) is 0 Å². The van der Waals surface area contributed by atoms with E-state index in [0.717, 1.165) is 17.5 Å². The van der Waals surface area contributed by atoms with E-state index in [2.05, 4.69) is 21.3 Å². The van der Waals surface area contributed by atoms with Gasteiger partial charge in [0.25, 0.3) is 5.89 Å². The molecule has 0 spiro atoms. The minimum atomic E-state index is 0.436. The van der Waals surface area contributed by atoms with Crippen molar-refractivity contribution < 1.29 is 4.52 Å². The van der Waals surface area contributed by atoms with E-state index in [1.165, 1.54) is 0 Å². The number of pyridine rings is 1. The molecule has 2 aromatic heterocycles. The quantitative estimate of drug-likeness (QED) is 0.716. The number of rotatable bonds is 3. The van der Waals surface area contributed by atoms with Gasteiger partial charge in [0.05, 0.1) is 6.20 Å². The third kappa shape index (κ3) is 2.38. The summed E-state index contributed by atoms with van der Waals surface area (Å²) in [5.74, 6) is 1.12. The maximum atomic E-state index is 5.19. The predicted molar refractivity (Wildman–Crippen MR) is 71.2 cm³/mol. The molecule has 4 heteroatoms. The van der Waals surface area contributed by atoms with Crippen molar-refractivity contribution in [2.45, 2.75) is 13.3 Å². The fraction of sp³-hybridized carbons (Fsp3) is 0.133. The average Bonchev–Trinajstić information content (AvgIpc) is 2.97. The summed E-state index contributed by atoms with van der Waals surface area (Å²) in [6.45, 7) is 1.98. The number of hydrogen-bond acceptors (Lipinski definition) is 4. The van der Waals surface area contributed by atoms with E-state index in [9.17, 15) is 0 Å². The summed E-state index contributed by atoms with van der Waals surface area (Å²) in [6, 6.07) is 13.8. The zero-order valence-corrected chi connectivity index (χ0v) is 10.5. The van der Waals surface area contributed by atoms with E-state index in [4.69, 9.17) is 4.52 Å². The Morgan fingerprint density at radius 2 is 2.00 bits per heavy atom. The fourth-order valence-corrected chi connectivity index (χ4v) is 1.80. The first-order chi connectivity index (χ1) is 9.36. The molecule has 0 unspecified atom stereocenters. The van der Waals surface area contributed by atoms with E-state index < -0.39 is 0 Å². The second kappa shape index (κ2) is 5.02. The minimum absolute atomic E-state index is 0.436. The summed E-state index contributed by atoms with van der Waals surface area (Å²) in [6.07, 6.45) is 3.62. The highest BCUT2D eigenvalue weighted by Gasteiger charge is 2.10. The molecular formula is C15H12N3O. The number of aromatic nitrogens is 3. The lowest BCUT2D eigenvalue weighted by molar-refractivity contribution is 0.422. The Balaban J connectivity index is 2.00. The highest BCUT2D eigenvalue weighted by molar-refractivity contribution is 5.67. The Morgan fingerprint density at radius 3 is 2.74 bits per heavy atom. The summed E-state index contributed by atoms with van der Waals surface area (Å²) in [4.78, 5) is 8.44. The molecule has 1 aromatic carbocycles. The van der Waals surface area contributed by atoms with Gasteiger partial charge in [-0.15, -0.1) is 0 Å². The molecule has 0 aliphatic heterocycles. The van der Waals surface area contributed by atoms with Crippen LogP contribution >= 0.6 is 0 Å². The van der Waals surface area contributed by atoms with Gasteiger partial charge in [-0.2, -0.15) is 4.98 Å². The molecule has 0 saturated heterocycles. The van der Waals surface area contributed by atoms with E-state index >= 15 is 0 Å². The molecule has 0 fully saturated rings. The summed E-state index contributed by atoms with van der Waals surface area (Å²) in [5.41, 5.74) is 2.79. The molecule has 0 N–H and O–H groups in total. The first kappa shape index (κ1) is 11.6. The zero-order valence-electron chi connectivity index (χ0n) is 10.5. The van der Waals surface area contributed by atoms with Gasteiger partial charge in [-0.3, -0.25) is 0 Å². The SMILES string of the molecule is CCc1noc(-c2cc(-c3ccccc3)c[c]n2)n1. The van der Waals surface area contributed by atoms with Gasteiger partial charge in [0.15, 0.2) is 5.82 Å². The Bertz CT molecular complexity index is 677. The van der Waals surface area contributed by atoms with Crippen LogP contribution in [-0.2, 0) is 6.42 Å². The minimum Gasteiger partial charge on any atom is -0.332 e. The predicted octanol–water partition coefficient (Wildman–Crippen LogP) is 3.16. The van der Waals surface area contributed by atoms with Crippen LogP contribution in [0.5, 0.6) is 0 Å². The maximum absolute atomic E-state index is 5.19. The molecule has 19 heavy (non-hydrogen) atoms. The largest absolute Gasteiger partial charge is 0.332 e. The summed E-state index contributed by atoms with van der Waals surface area (Å²) in [7, 11) is 0. The van der Waals surface area contributed by atoms with Gasteiger partial charge in [0, 0.05) is 6.42 Å². The fourth-order valence-electron chi connectivity index (χ4n) is 1.80. The third-order valence-corrected chi connectivity index (χ3v) is 2.81. The molecule has 2 heterocycles. The van der Waals surface area contributed by atoms with Crippen LogP contribution in [-0.4, -0.2) is 15.1 Å². The zero-order chi connectivity index (χ0) is 13.1. The van der Waals surface area contributed by atoms with Gasteiger partial charge in [0.2, 0.25) is 0 Å².